The molecule has 0 heterocycles. The summed E-state index contributed by atoms with van der Waals surface area (Å²) in [5, 5.41) is 5.36. The first-order chi connectivity index (χ1) is 23.3. The van der Waals surface area contributed by atoms with Gasteiger partial charge in [-0.1, -0.05) is 133 Å². The molecule has 6 aromatic rings. The smallest absolute Gasteiger partial charge is 0.215 e. The molecule has 0 aromatic heterocycles. The van der Waals surface area contributed by atoms with Crippen LogP contribution in [0.3, 0.4) is 0 Å². The molecule has 0 fully saturated rings. The van der Waals surface area contributed by atoms with Gasteiger partial charge in [0.15, 0.2) is 11.5 Å². The Kier molecular flexibility index (Phi) is 10.8. The second-order valence-corrected chi connectivity index (χ2v) is 10.5. The predicted molar refractivity (Wildman–Crippen MR) is 178 cm³/mol. The van der Waals surface area contributed by atoms with E-state index in [0.29, 0.717) is 49.4 Å². The minimum absolute atomic E-state index is 0.273. The Bertz CT molecular complexity index is 1660. The molecule has 0 N–H and O–H groups in total. The van der Waals surface area contributed by atoms with E-state index in [0.717, 1.165) is 22.3 Å². The highest BCUT2D eigenvalue weighted by Gasteiger charge is 2.18. The summed E-state index contributed by atoms with van der Waals surface area (Å²) in [6.45, 7) is 1.28. The maximum Gasteiger partial charge on any atom is 0.215 e. The van der Waals surface area contributed by atoms with E-state index >= 15 is 0 Å². The van der Waals surface area contributed by atoms with Crippen LogP contribution in [0.5, 0.6) is 34.5 Å². The molecule has 6 rings (SSSR count). The van der Waals surface area contributed by atoms with Gasteiger partial charge in [0.2, 0.25) is 23.0 Å². The minimum Gasteiger partial charge on any atom is -0.485 e. The van der Waals surface area contributed by atoms with Crippen molar-refractivity contribution in [3.8, 4) is 34.5 Å². The standard InChI is InChI=1S/C40H34O7/c1-5-15-31(16-6-1)27-41-35-23-13-25-37(39(35)43-29-33-19-9-3-10-20-33)45-47-46-38-26-14-24-36(42-28-32-17-7-2-8-18-32)40(38)44-30-34-21-11-4-12-22-34/h1-26H,27-30H2. The lowest BCUT2D eigenvalue weighted by Gasteiger charge is -2.17. The highest BCUT2D eigenvalue weighted by molar-refractivity contribution is 5.52. The highest BCUT2D eigenvalue weighted by atomic mass is 17.5. The van der Waals surface area contributed by atoms with E-state index in [2.05, 4.69) is 0 Å². The summed E-state index contributed by atoms with van der Waals surface area (Å²) in [5.74, 6) is 2.28. The summed E-state index contributed by atoms with van der Waals surface area (Å²) in [6.07, 6.45) is 0. The van der Waals surface area contributed by atoms with Crippen LogP contribution in [0.2, 0.25) is 0 Å². The van der Waals surface area contributed by atoms with Crippen LogP contribution in [0.1, 0.15) is 22.3 Å². The molecular weight excluding hydrogens is 592 g/mol. The van der Waals surface area contributed by atoms with Crippen LogP contribution in [0.4, 0.5) is 0 Å². The van der Waals surface area contributed by atoms with Gasteiger partial charge in [-0.15, -0.1) is 0 Å². The Balaban J connectivity index is 1.19. The Morgan fingerprint density at radius 2 is 0.574 bits per heavy atom. The first-order valence-electron chi connectivity index (χ1n) is 15.3. The Morgan fingerprint density at radius 1 is 0.277 bits per heavy atom. The van der Waals surface area contributed by atoms with Crippen LogP contribution in [0.15, 0.2) is 158 Å². The van der Waals surface area contributed by atoms with Crippen molar-refractivity contribution in [1.82, 2.24) is 0 Å². The second-order valence-electron chi connectivity index (χ2n) is 10.5. The van der Waals surface area contributed by atoms with Crippen LogP contribution in [-0.2, 0) is 31.5 Å². The average Bonchev–Trinajstić information content (AvgIpc) is 3.14. The maximum atomic E-state index is 6.22. The molecule has 0 bridgehead atoms. The topological polar surface area (TPSA) is 64.6 Å². The van der Waals surface area contributed by atoms with Crippen LogP contribution >= 0.6 is 0 Å². The van der Waals surface area contributed by atoms with Gasteiger partial charge in [-0.2, -0.15) is 0 Å². The summed E-state index contributed by atoms with van der Waals surface area (Å²) in [7, 11) is 0. The highest BCUT2D eigenvalue weighted by Crippen LogP contribution is 2.41. The molecule has 47 heavy (non-hydrogen) atoms. The van der Waals surface area contributed by atoms with Crippen LogP contribution < -0.4 is 28.7 Å². The maximum absolute atomic E-state index is 6.22. The third kappa shape index (κ3) is 9.06. The molecule has 236 valence electrons. The quantitative estimate of drug-likeness (QED) is 0.0784. The van der Waals surface area contributed by atoms with Crippen molar-refractivity contribution in [1.29, 1.82) is 0 Å². The second kappa shape index (κ2) is 16.4. The van der Waals surface area contributed by atoms with Gasteiger partial charge < -0.3 is 18.9 Å². The van der Waals surface area contributed by atoms with E-state index in [4.69, 9.17) is 33.8 Å². The molecule has 0 saturated carbocycles. The van der Waals surface area contributed by atoms with Crippen molar-refractivity contribution < 1.29 is 33.8 Å². The van der Waals surface area contributed by atoms with E-state index in [-0.39, 0.29) is 11.5 Å². The van der Waals surface area contributed by atoms with Gasteiger partial charge in [0, 0.05) is 5.04 Å². The van der Waals surface area contributed by atoms with E-state index < -0.39 is 0 Å². The van der Waals surface area contributed by atoms with E-state index in [1.54, 1.807) is 24.3 Å². The van der Waals surface area contributed by atoms with Gasteiger partial charge in [-0.25, -0.2) is 0 Å². The summed E-state index contributed by atoms with van der Waals surface area (Å²) < 4.78 is 24.7. The molecule has 0 aliphatic carbocycles. The molecule has 0 aliphatic heterocycles. The fourth-order valence-corrected chi connectivity index (χ4v) is 4.65. The number of rotatable bonds is 16. The zero-order chi connectivity index (χ0) is 31.9. The molecule has 6 aromatic carbocycles. The Morgan fingerprint density at radius 3 is 0.915 bits per heavy atom. The largest absolute Gasteiger partial charge is 0.485 e. The predicted octanol–water partition coefficient (Wildman–Crippen LogP) is 9.31. The van der Waals surface area contributed by atoms with Crippen molar-refractivity contribution in [3.63, 3.8) is 0 Å². The molecule has 0 radical (unpaired) electrons. The molecule has 0 aliphatic rings. The van der Waals surface area contributed by atoms with Crippen molar-refractivity contribution in [2.24, 2.45) is 0 Å². The number of hydrogen-bond acceptors (Lipinski definition) is 7. The lowest BCUT2D eigenvalue weighted by Crippen LogP contribution is -2.08. The van der Waals surface area contributed by atoms with Crippen molar-refractivity contribution in [3.05, 3.63) is 180 Å². The summed E-state index contributed by atoms with van der Waals surface area (Å²) in [5.41, 5.74) is 4.01. The zero-order valence-electron chi connectivity index (χ0n) is 25.7. The van der Waals surface area contributed by atoms with Crippen molar-refractivity contribution in [2.75, 3.05) is 0 Å². The van der Waals surface area contributed by atoms with Crippen LogP contribution in [0, 0.1) is 0 Å². The molecule has 0 saturated heterocycles. The van der Waals surface area contributed by atoms with Gasteiger partial charge in [-0.05, 0) is 46.5 Å². The summed E-state index contributed by atoms with van der Waals surface area (Å²) in [4.78, 5) is 11.4. The molecule has 0 unspecified atom stereocenters. The van der Waals surface area contributed by atoms with Gasteiger partial charge in [-0.3, -0.25) is 9.78 Å². The number of benzene rings is 6. The lowest BCUT2D eigenvalue weighted by molar-refractivity contribution is -0.411. The third-order valence-electron chi connectivity index (χ3n) is 7.06. The molecule has 7 nitrogen and oxygen atoms in total. The SMILES string of the molecule is c1ccc(COc2cccc(OOOc3cccc(OCc4ccccc4)c3OCc3ccccc3)c2OCc2ccccc2)cc1. The van der Waals surface area contributed by atoms with Crippen LogP contribution in [0.25, 0.3) is 0 Å². The molecular formula is C40H34O7. The lowest BCUT2D eigenvalue weighted by atomic mass is 10.2. The minimum atomic E-state index is 0.273. The van der Waals surface area contributed by atoms with Gasteiger partial charge in [0.25, 0.3) is 0 Å². The van der Waals surface area contributed by atoms with Gasteiger partial charge in [0.1, 0.15) is 26.4 Å². The first kappa shape index (κ1) is 31.1. The molecule has 0 amide bonds. The molecule has 0 atom stereocenters. The van der Waals surface area contributed by atoms with E-state index in [1.807, 2.05) is 133 Å². The monoisotopic (exact) mass is 626 g/mol. The van der Waals surface area contributed by atoms with E-state index in [1.165, 1.54) is 0 Å². The number of hydrogen-bond donors (Lipinski definition) is 0. The van der Waals surface area contributed by atoms with Gasteiger partial charge >= 0.3 is 0 Å². The molecule has 7 heteroatoms. The Hall–Kier alpha value is -5.92. The van der Waals surface area contributed by atoms with Crippen LogP contribution in [-0.4, -0.2) is 0 Å². The zero-order valence-corrected chi connectivity index (χ0v) is 25.7. The summed E-state index contributed by atoms with van der Waals surface area (Å²) >= 11 is 0. The summed E-state index contributed by atoms with van der Waals surface area (Å²) in [6, 6.07) is 50.1. The Labute approximate surface area is 274 Å². The fraction of sp³-hybridized carbons (Fsp3) is 0.100. The first-order valence-corrected chi connectivity index (χ1v) is 15.3. The normalized spacial score (nSPS) is 10.6. The van der Waals surface area contributed by atoms with E-state index in [9.17, 15) is 0 Å². The molecule has 0 spiro atoms. The average molecular weight is 627 g/mol. The number of para-hydroxylation sites is 2. The van der Waals surface area contributed by atoms with Crippen molar-refractivity contribution >= 4 is 0 Å². The third-order valence-corrected chi connectivity index (χ3v) is 7.06. The van der Waals surface area contributed by atoms with Crippen molar-refractivity contribution in [2.45, 2.75) is 26.4 Å². The fourth-order valence-electron chi connectivity index (χ4n) is 4.65. The van der Waals surface area contributed by atoms with Gasteiger partial charge in [0.05, 0.1) is 0 Å². The number of ether oxygens (including phenoxy) is 4.